The van der Waals surface area contributed by atoms with Crippen LogP contribution in [-0.4, -0.2) is 27.0 Å². The SMILES string of the molecule is O=C(C1=CCCCO1)c1cnn2ccncc12. The molecule has 0 unspecified atom stereocenters. The van der Waals surface area contributed by atoms with Crippen molar-refractivity contribution in [2.45, 2.75) is 12.8 Å². The van der Waals surface area contributed by atoms with Crippen LogP contribution in [0.2, 0.25) is 0 Å². The van der Waals surface area contributed by atoms with Gasteiger partial charge in [-0.3, -0.25) is 9.78 Å². The van der Waals surface area contributed by atoms with E-state index in [0.717, 1.165) is 12.8 Å². The zero-order valence-electron chi connectivity index (χ0n) is 9.17. The molecule has 0 atom stereocenters. The van der Waals surface area contributed by atoms with Crippen molar-refractivity contribution in [2.24, 2.45) is 0 Å². The fraction of sp³-hybridized carbons (Fsp3) is 0.250. The Bertz CT molecular complexity index is 601. The number of rotatable bonds is 2. The highest BCUT2D eigenvalue weighted by molar-refractivity contribution is 6.11. The van der Waals surface area contributed by atoms with Crippen LogP contribution in [-0.2, 0) is 4.74 Å². The molecule has 0 radical (unpaired) electrons. The van der Waals surface area contributed by atoms with Gasteiger partial charge in [0.2, 0.25) is 5.78 Å². The summed E-state index contributed by atoms with van der Waals surface area (Å²) in [6, 6.07) is 0. The molecule has 86 valence electrons. The molecule has 0 spiro atoms. The molecule has 5 nitrogen and oxygen atoms in total. The number of Topliss-reactive ketones (excluding diaryl/α,β-unsaturated/α-hetero) is 1. The van der Waals surface area contributed by atoms with Crippen molar-refractivity contribution in [3.8, 4) is 0 Å². The number of allylic oxidation sites excluding steroid dienone is 2. The second-order valence-electron chi connectivity index (χ2n) is 3.85. The summed E-state index contributed by atoms with van der Waals surface area (Å²) in [6.07, 6.45) is 10.2. The van der Waals surface area contributed by atoms with E-state index in [1.807, 2.05) is 6.08 Å². The molecule has 0 fully saturated rings. The third-order valence-corrected chi connectivity index (χ3v) is 2.73. The fourth-order valence-electron chi connectivity index (χ4n) is 1.86. The number of aromatic nitrogens is 3. The highest BCUT2D eigenvalue weighted by Crippen LogP contribution is 2.18. The number of hydrogen-bond acceptors (Lipinski definition) is 4. The lowest BCUT2D eigenvalue weighted by atomic mass is 10.1. The largest absolute Gasteiger partial charge is 0.490 e. The molecule has 1 aliphatic heterocycles. The molecule has 3 rings (SSSR count). The van der Waals surface area contributed by atoms with Crippen LogP contribution in [0.4, 0.5) is 0 Å². The molecular weight excluding hydrogens is 218 g/mol. The molecule has 17 heavy (non-hydrogen) atoms. The highest BCUT2D eigenvalue weighted by atomic mass is 16.5. The normalized spacial score (nSPS) is 15.4. The topological polar surface area (TPSA) is 56.5 Å². The van der Waals surface area contributed by atoms with E-state index in [-0.39, 0.29) is 5.78 Å². The fourth-order valence-corrected chi connectivity index (χ4v) is 1.86. The number of nitrogens with zero attached hydrogens (tertiary/aromatic N) is 3. The third-order valence-electron chi connectivity index (χ3n) is 2.73. The molecule has 0 saturated carbocycles. The van der Waals surface area contributed by atoms with Crippen molar-refractivity contribution in [3.63, 3.8) is 0 Å². The van der Waals surface area contributed by atoms with Crippen LogP contribution in [0, 0.1) is 0 Å². The van der Waals surface area contributed by atoms with Crippen molar-refractivity contribution < 1.29 is 9.53 Å². The summed E-state index contributed by atoms with van der Waals surface area (Å²) in [4.78, 5) is 16.2. The minimum atomic E-state index is -0.118. The van der Waals surface area contributed by atoms with Gasteiger partial charge in [-0.2, -0.15) is 5.10 Å². The zero-order valence-corrected chi connectivity index (χ0v) is 9.17. The van der Waals surface area contributed by atoms with Gasteiger partial charge in [-0.1, -0.05) is 0 Å². The van der Waals surface area contributed by atoms with Crippen LogP contribution >= 0.6 is 0 Å². The molecule has 2 aromatic rings. The first kappa shape index (κ1) is 10.0. The van der Waals surface area contributed by atoms with Gasteiger partial charge < -0.3 is 4.74 Å². The van der Waals surface area contributed by atoms with Crippen LogP contribution in [0.15, 0.2) is 36.6 Å². The Hall–Kier alpha value is -2.17. The standard InChI is InChI=1S/C12H11N3O2/c16-12(11-3-1-2-6-17-11)9-7-14-15-5-4-13-8-10(9)15/h3-5,7-8H,1-2,6H2. The number of carbonyl (C=O) groups is 1. The lowest BCUT2D eigenvalue weighted by Gasteiger charge is -2.12. The zero-order chi connectivity index (χ0) is 11.7. The lowest BCUT2D eigenvalue weighted by molar-refractivity contribution is 0.0900. The van der Waals surface area contributed by atoms with Crippen molar-refractivity contribution in [1.82, 2.24) is 14.6 Å². The number of hydrogen-bond donors (Lipinski definition) is 0. The number of ketones is 1. The number of fused-ring (bicyclic) bond motifs is 1. The Balaban J connectivity index is 2.03. The van der Waals surface area contributed by atoms with E-state index in [4.69, 9.17) is 4.74 Å². The van der Waals surface area contributed by atoms with Gasteiger partial charge in [-0.05, 0) is 18.9 Å². The average Bonchev–Trinajstić information content (AvgIpc) is 2.83. The molecule has 5 heteroatoms. The predicted molar refractivity (Wildman–Crippen MR) is 60.6 cm³/mol. The monoisotopic (exact) mass is 229 g/mol. The van der Waals surface area contributed by atoms with E-state index < -0.39 is 0 Å². The lowest BCUT2D eigenvalue weighted by Crippen LogP contribution is -2.11. The molecule has 0 amide bonds. The van der Waals surface area contributed by atoms with Crippen LogP contribution in [0.25, 0.3) is 5.52 Å². The second-order valence-corrected chi connectivity index (χ2v) is 3.85. The van der Waals surface area contributed by atoms with Gasteiger partial charge in [0.25, 0.3) is 0 Å². The molecule has 0 N–H and O–H groups in total. The van der Waals surface area contributed by atoms with Gasteiger partial charge >= 0.3 is 0 Å². The minimum absolute atomic E-state index is 0.118. The van der Waals surface area contributed by atoms with Gasteiger partial charge in [-0.15, -0.1) is 0 Å². The minimum Gasteiger partial charge on any atom is -0.490 e. The van der Waals surface area contributed by atoms with Crippen molar-refractivity contribution in [3.05, 3.63) is 42.2 Å². The first-order valence-electron chi connectivity index (χ1n) is 5.51. The maximum absolute atomic E-state index is 12.2. The summed E-state index contributed by atoms with van der Waals surface area (Å²) in [7, 11) is 0. The van der Waals surface area contributed by atoms with Gasteiger partial charge in [0.15, 0.2) is 5.76 Å². The van der Waals surface area contributed by atoms with Crippen LogP contribution in [0.3, 0.4) is 0 Å². The Morgan fingerprint density at radius 1 is 1.41 bits per heavy atom. The molecular formula is C12H11N3O2. The van der Waals surface area contributed by atoms with E-state index in [1.165, 1.54) is 0 Å². The molecule has 0 aromatic carbocycles. The highest BCUT2D eigenvalue weighted by Gasteiger charge is 2.19. The first-order valence-corrected chi connectivity index (χ1v) is 5.51. The summed E-state index contributed by atoms with van der Waals surface area (Å²) in [5.41, 5.74) is 1.24. The summed E-state index contributed by atoms with van der Waals surface area (Å²) >= 11 is 0. The Morgan fingerprint density at radius 2 is 2.35 bits per heavy atom. The maximum atomic E-state index is 12.2. The van der Waals surface area contributed by atoms with E-state index >= 15 is 0 Å². The smallest absolute Gasteiger partial charge is 0.231 e. The van der Waals surface area contributed by atoms with Gasteiger partial charge in [0, 0.05) is 12.4 Å². The number of ether oxygens (including phenoxy) is 1. The van der Waals surface area contributed by atoms with E-state index in [0.29, 0.717) is 23.4 Å². The molecule has 2 aromatic heterocycles. The predicted octanol–water partition coefficient (Wildman–Crippen LogP) is 1.61. The summed E-state index contributed by atoms with van der Waals surface area (Å²) in [6.45, 7) is 0.606. The Kier molecular flexibility index (Phi) is 2.36. The van der Waals surface area contributed by atoms with Crippen LogP contribution in [0.1, 0.15) is 23.2 Å². The van der Waals surface area contributed by atoms with E-state index in [2.05, 4.69) is 10.1 Å². The third kappa shape index (κ3) is 1.69. The summed E-state index contributed by atoms with van der Waals surface area (Å²) in [5, 5.41) is 4.11. The summed E-state index contributed by atoms with van der Waals surface area (Å²) in [5.74, 6) is 0.308. The average molecular weight is 229 g/mol. The van der Waals surface area contributed by atoms with Crippen molar-refractivity contribution >= 4 is 11.3 Å². The van der Waals surface area contributed by atoms with Crippen molar-refractivity contribution in [1.29, 1.82) is 0 Å². The Morgan fingerprint density at radius 3 is 3.18 bits per heavy atom. The number of carbonyl (C=O) groups excluding carboxylic acids is 1. The molecule has 3 heterocycles. The van der Waals surface area contributed by atoms with Crippen molar-refractivity contribution in [2.75, 3.05) is 6.61 Å². The maximum Gasteiger partial charge on any atom is 0.231 e. The van der Waals surface area contributed by atoms with E-state index in [9.17, 15) is 4.79 Å². The van der Waals surface area contributed by atoms with Crippen LogP contribution < -0.4 is 0 Å². The molecule has 0 saturated heterocycles. The van der Waals surface area contributed by atoms with Gasteiger partial charge in [0.05, 0.1) is 30.1 Å². The molecule has 1 aliphatic rings. The summed E-state index contributed by atoms with van der Waals surface area (Å²) < 4.78 is 7.00. The second kappa shape index (κ2) is 4.01. The van der Waals surface area contributed by atoms with Gasteiger partial charge in [-0.25, -0.2) is 4.52 Å². The Labute approximate surface area is 97.7 Å². The van der Waals surface area contributed by atoms with Gasteiger partial charge in [0.1, 0.15) is 0 Å². The quantitative estimate of drug-likeness (QED) is 0.734. The molecule has 0 aliphatic carbocycles. The van der Waals surface area contributed by atoms with E-state index in [1.54, 1.807) is 29.3 Å². The molecule has 0 bridgehead atoms. The first-order chi connectivity index (χ1) is 8.36. The van der Waals surface area contributed by atoms with Crippen LogP contribution in [0.5, 0.6) is 0 Å².